The zero-order valence-corrected chi connectivity index (χ0v) is 17.6. The molecule has 0 aliphatic heterocycles. The van der Waals surface area contributed by atoms with Gasteiger partial charge >= 0.3 is 0 Å². The van der Waals surface area contributed by atoms with Crippen LogP contribution in [0.4, 0.5) is 5.69 Å². The Bertz CT molecular complexity index is 901. The Kier molecular flexibility index (Phi) is 8.29. The van der Waals surface area contributed by atoms with E-state index >= 15 is 0 Å². The average molecular weight is 466 g/mol. The predicted octanol–water partition coefficient (Wildman–Crippen LogP) is 1.82. The SMILES string of the molecule is O=C(C[n+]1ccccc1CCNc1cccc(Cl)c1)c1ccc(Cl)cc1.[Br-]. The summed E-state index contributed by atoms with van der Waals surface area (Å²) in [6.07, 6.45) is 2.73. The number of aromatic nitrogens is 1. The summed E-state index contributed by atoms with van der Waals surface area (Å²) in [6, 6.07) is 20.6. The van der Waals surface area contributed by atoms with Gasteiger partial charge in [-0.05, 0) is 42.5 Å². The predicted molar refractivity (Wildman–Crippen MR) is 106 cm³/mol. The normalized spacial score (nSPS) is 10.1. The van der Waals surface area contributed by atoms with E-state index in [4.69, 9.17) is 23.2 Å². The first-order valence-corrected chi connectivity index (χ1v) is 9.13. The van der Waals surface area contributed by atoms with Crippen LogP contribution in [-0.4, -0.2) is 12.3 Å². The van der Waals surface area contributed by atoms with Crippen molar-refractivity contribution in [3.05, 3.63) is 94.2 Å². The number of benzene rings is 2. The third-order valence-corrected chi connectivity index (χ3v) is 4.54. The summed E-state index contributed by atoms with van der Waals surface area (Å²) in [7, 11) is 0. The molecule has 0 radical (unpaired) electrons. The second-order valence-electron chi connectivity index (χ2n) is 5.94. The van der Waals surface area contributed by atoms with Crippen molar-refractivity contribution in [2.45, 2.75) is 13.0 Å². The van der Waals surface area contributed by atoms with Gasteiger partial charge in [0.25, 0.3) is 0 Å². The van der Waals surface area contributed by atoms with Gasteiger partial charge in [0.1, 0.15) is 0 Å². The van der Waals surface area contributed by atoms with Gasteiger partial charge in [0, 0.05) is 46.4 Å². The fourth-order valence-electron chi connectivity index (χ4n) is 2.71. The molecule has 0 aliphatic carbocycles. The highest BCUT2D eigenvalue weighted by Gasteiger charge is 2.16. The first-order chi connectivity index (χ1) is 12.6. The molecule has 0 atom stereocenters. The van der Waals surface area contributed by atoms with Gasteiger partial charge in [0.15, 0.2) is 11.9 Å². The number of hydrogen-bond donors (Lipinski definition) is 1. The molecule has 1 N–H and O–H groups in total. The van der Waals surface area contributed by atoms with Crippen LogP contribution in [0.5, 0.6) is 0 Å². The first-order valence-electron chi connectivity index (χ1n) is 8.37. The number of anilines is 1. The van der Waals surface area contributed by atoms with Crippen molar-refractivity contribution in [2.75, 3.05) is 11.9 Å². The van der Waals surface area contributed by atoms with E-state index < -0.39 is 0 Å². The molecule has 0 unspecified atom stereocenters. The number of Topliss-reactive ketones (excluding diaryl/α,β-unsaturated/α-hetero) is 1. The molecular weight excluding hydrogens is 447 g/mol. The standard InChI is InChI=1S/C21H19Cl2N2O.BrH/c22-17-9-7-16(8-10-17)21(26)15-25-13-2-1-6-20(25)11-12-24-19-5-3-4-18(23)14-19;/h1-10,13-14,24H,11-12,15H2;1H/q+1;/p-1. The van der Waals surface area contributed by atoms with Crippen LogP contribution in [0.1, 0.15) is 16.1 Å². The first kappa shape index (κ1) is 21.4. The van der Waals surface area contributed by atoms with Crippen molar-refractivity contribution in [1.82, 2.24) is 0 Å². The number of nitrogens with one attached hydrogen (secondary N) is 1. The lowest BCUT2D eigenvalue weighted by Gasteiger charge is -2.07. The minimum atomic E-state index is 0. The highest BCUT2D eigenvalue weighted by Crippen LogP contribution is 2.14. The van der Waals surface area contributed by atoms with Crippen molar-refractivity contribution in [2.24, 2.45) is 0 Å². The topological polar surface area (TPSA) is 33.0 Å². The van der Waals surface area contributed by atoms with Crippen LogP contribution in [0.2, 0.25) is 10.0 Å². The molecule has 0 amide bonds. The number of halogens is 3. The number of nitrogens with zero attached hydrogens (tertiary/aromatic N) is 1. The van der Waals surface area contributed by atoms with Gasteiger partial charge in [-0.25, -0.2) is 0 Å². The van der Waals surface area contributed by atoms with Gasteiger partial charge in [0.05, 0.1) is 0 Å². The molecule has 140 valence electrons. The molecule has 0 bridgehead atoms. The molecule has 0 aliphatic rings. The largest absolute Gasteiger partial charge is 1.00 e. The summed E-state index contributed by atoms with van der Waals surface area (Å²) in [6.45, 7) is 1.05. The van der Waals surface area contributed by atoms with Crippen LogP contribution in [0.25, 0.3) is 0 Å². The van der Waals surface area contributed by atoms with Crippen LogP contribution >= 0.6 is 23.2 Å². The molecule has 0 saturated carbocycles. The van der Waals surface area contributed by atoms with E-state index in [1.807, 2.05) is 53.2 Å². The highest BCUT2D eigenvalue weighted by atomic mass is 79.9. The molecule has 27 heavy (non-hydrogen) atoms. The van der Waals surface area contributed by atoms with Crippen LogP contribution < -0.4 is 26.9 Å². The summed E-state index contributed by atoms with van der Waals surface area (Å²) in [4.78, 5) is 12.5. The summed E-state index contributed by atoms with van der Waals surface area (Å²) in [5.41, 5.74) is 2.73. The van der Waals surface area contributed by atoms with E-state index in [9.17, 15) is 4.79 Å². The number of carbonyl (C=O) groups excluding carboxylic acids is 1. The molecular formula is C21H19BrCl2N2O. The fraction of sp³-hybridized carbons (Fsp3) is 0.143. The van der Waals surface area contributed by atoms with Crippen molar-refractivity contribution < 1.29 is 26.3 Å². The summed E-state index contributed by atoms with van der Waals surface area (Å²) in [5.74, 6) is 0.0573. The quantitative estimate of drug-likeness (QED) is 0.426. The lowest BCUT2D eigenvalue weighted by molar-refractivity contribution is -0.690. The molecule has 3 rings (SSSR count). The molecule has 0 fully saturated rings. The molecule has 0 spiro atoms. The molecule has 6 heteroatoms. The highest BCUT2D eigenvalue weighted by molar-refractivity contribution is 6.31. The van der Waals surface area contributed by atoms with Crippen molar-refractivity contribution in [3.8, 4) is 0 Å². The molecule has 3 nitrogen and oxygen atoms in total. The number of pyridine rings is 1. The molecule has 2 aromatic carbocycles. The molecule has 3 aromatic rings. The Hall–Kier alpha value is -1.88. The average Bonchev–Trinajstić information content (AvgIpc) is 2.64. The number of carbonyl (C=O) groups is 1. The maximum Gasteiger partial charge on any atom is 0.227 e. The summed E-state index contributed by atoms with van der Waals surface area (Å²) in [5, 5.41) is 4.69. The molecule has 1 aromatic heterocycles. The van der Waals surface area contributed by atoms with Crippen molar-refractivity contribution >= 4 is 34.7 Å². The number of hydrogen-bond acceptors (Lipinski definition) is 2. The van der Waals surface area contributed by atoms with E-state index in [1.54, 1.807) is 24.3 Å². The van der Waals surface area contributed by atoms with Gasteiger partial charge in [-0.3, -0.25) is 4.79 Å². The van der Waals surface area contributed by atoms with E-state index in [1.165, 1.54) is 0 Å². The van der Waals surface area contributed by atoms with Gasteiger partial charge in [-0.2, -0.15) is 4.57 Å². The van der Waals surface area contributed by atoms with Crippen molar-refractivity contribution in [3.63, 3.8) is 0 Å². The Labute approximate surface area is 179 Å². The van der Waals surface area contributed by atoms with Gasteiger partial charge < -0.3 is 22.3 Å². The van der Waals surface area contributed by atoms with Crippen LogP contribution in [0.3, 0.4) is 0 Å². The lowest BCUT2D eigenvalue weighted by Crippen LogP contribution is -3.00. The minimum Gasteiger partial charge on any atom is -1.00 e. The zero-order valence-electron chi connectivity index (χ0n) is 14.5. The van der Waals surface area contributed by atoms with Crippen molar-refractivity contribution in [1.29, 1.82) is 0 Å². The Balaban J connectivity index is 0.00000261. The van der Waals surface area contributed by atoms with Crippen LogP contribution in [0.15, 0.2) is 72.9 Å². The number of ketones is 1. The minimum absolute atomic E-state index is 0. The van der Waals surface area contributed by atoms with Gasteiger partial charge in [-0.1, -0.05) is 35.3 Å². The Morgan fingerprint density at radius 1 is 0.926 bits per heavy atom. The van der Waals surface area contributed by atoms with Gasteiger partial charge in [0.2, 0.25) is 12.3 Å². The maximum atomic E-state index is 12.5. The summed E-state index contributed by atoms with van der Waals surface area (Å²) >= 11 is 11.9. The van der Waals surface area contributed by atoms with E-state index in [0.29, 0.717) is 22.2 Å². The van der Waals surface area contributed by atoms with E-state index in [2.05, 4.69) is 5.32 Å². The van der Waals surface area contributed by atoms with Crippen LogP contribution in [0, 0.1) is 0 Å². The third-order valence-electron chi connectivity index (χ3n) is 4.05. The lowest BCUT2D eigenvalue weighted by atomic mass is 10.1. The Morgan fingerprint density at radius 3 is 2.44 bits per heavy atom. The smallest absolute Gasteiger partial charge is 0.227 e. The second-order valence-corrected chi connectivity index (χ2v) is 6.81. The second kappa shape index (κ2) is 10.5. The zero-order chi connectivity index (χ0) is 18.4. The van der Waals surface area contributed by atoms with Gasteiger partial charge in [-0.15, -0.1) is 0 Å². The van der Waals surface area contributed by atoms with Crippen LogP contribution in [-0.2, 0) is 13.0 Å². The third kappa shape index (κ3) is 6.35. The monoisotopic (exact) mass is 464 g/mol. The van der Waals surface area contributed by atoms with E-state index in [0.717, 1.165) is 24.3 Å². The fourth-order valence-corrected chi connectivity index (χ4v) is 3.02. The Morgan fingerprint density at radius 2 is 1.70 bits per heavy atom. The maximum absolute atomic E-state index is 12.5. The van der Waals surface area contributed by atoms with E-state index in [-0.39, 0.29) is 22.8 Å². The summed E-state index contributed by atoms with van der Waals surface area (Å²) < 4.78 is 1.98. The molecule has 0 saturated heterocycles. The number of rotatable bonds is 7. The molecule has 1 heterocycles.